The standard InChI is InChI=1S/C20H20ClN3/c1-14(15-5-3-2-4-6-15)24-12-11-19-18(13-24)20(23-22-19)16-7-9-17(21)10-8-16/h2-10,14H,11-13H2,1H3,(H,22,23). The summed E-state index contributed by atoms with van der Waals surface area (Å²) in [5, 5.41) is 8.55. The maximum Gasteiger partial charge on any atom is 0.0968 e. The zero-order valence-corrected chi connectivity index (χ0v) is 14.4. The van der Waals surface area contributed by atoms with Crippen molar-refractivity contribution in [2.75, 3.05) is 6.54 Å². The van der Waals surface area contributed by atoms with Crippen LogP contribution in [0.4, 0.5) is 0 Å². The van der Waals surface area contributed by atoms with Gasteiger partial charge in [-0.05, 0) is 24.6 Å². The molecule has 0 aliphatic carbocycles. The summed E-state index contributed by atoms with van der Waals surface area (Å²) < 4.78 is 0. The molecule has 4 rings (SSSR count). The van der Waals surface area contributed by atoms with Crippen LogP contribution in [0, 0.1) is 0 Å². The van der Waals surface area contributed by atoms with E-state index in [0.29, 0.717) is 6.04 Å². The van der Waals surface area contributed by atoms with E-state index < -0.39 is 0 Å². The minimum atomic E-state index is 0.396. The highest BCUT2D eigenvalue weighted by Gasteiger charge is 2.26. The first kappa shape index (κ1) is 15.4. The molecular weight excluding hydrogens is 318 g/mol. The molecule has 1 aliphatic rings. The van der Waals surface area contributed by atoms with Crippen LogP contribution in [-0.4, -0.2) is 21.6 Å². The number of aromatic amines is 1. The van der Waals surface area contributed by atoms with Crippen LogP contribution in [0.15, 0.2) is 54.6 Å². The molecule has 0 fully saturated rings. The van der Waals surface area contributed by atoms with E-state index in [2.05, 4.69) is 52.4 Å². The van der Waals surface area contributed by atoms with Gasteiger partial charge in [0.25, 0.3) is 0 Å². The summed E-state index contributed by atoms with van der Waals surface area (Å²) in [7, 11) is 0. The van der Waals surface area contributed by atoms with Crippen molar-refractivity contribution in [3.63, 3.8) is 0 Å². The van der Waals surface area contributed by atoms with Gasteiger partial charge in [0.1, 0.15) is 0 Å². The van der Waals surface area contributed by atoms with Gasteiger partial charge in [-0.15, -0.1) is 0 Å². The molecule has 3 nitrogen and oxygen atoms in total. The van der Waals surface area contributed by atoms with Gasteiger partial charge in [-0.3, -0.25) is 10.00 Å². The lowest BCUT2D eigenvalue weighted by atomic mass is 9.98. The van der Waals surface area contributed by atoms with E-state index in [1.54, 1.807) is 0 Å². The predicted molar refractivity (Wildman–Crippen MR) is 98.0 cm³/mol. The van der Waals surface area contributed by atoms with Gasteiger partial charge >= 0.3 is 0 Å². The highest BCUT2D eigenvalue weighted by Crippen LogP contribution is 2.32. The minimum Gasteiger partial charge on any atom is -0.292 e. The Morgan fingerprint density at radius 3 is 2.58 bits per heavy atom. The molecule has 0 saturated carbocycles. The second kappa shape index (κ2) is 6.42. The molecular formula is C20H20ClN3. The predicted octanol–water partition coefficient (Wildman–Crippen LogP) is 4.85. The Balaban J connectivity index is 1.63. The van der Waals surface area contributed by atoms with Crippen molar-refractivity contribution in [2.45, 2.75) is 25.9 Å². The number of hydrogen-bond donors (Lipinski definition) is 1. The number of fused-ring (bicyclic) bond motifs is 1. The van der Waals surface area contributed by atoms with Gasteiger partial charge in [0.15, 0.2) is 0 Å². The molecule has 3 aromatic rings. The molecule has 122 valence electrons. The lowest BCUT2D eigenvalue weighted by molar-refractivity contribution is 0.192. The average molecular weight is 338 g/mol. The summed E-state index contributed by atoms with van der Waals surface area (Å²) in [6, 6.07) is 19.0. The second-order valence-corrected chi connectivity index (χ2v) is 6.78. The number of halogens is 1. The van der Waals surface area contributed by atoms with Gasteiger partial charge in [0.2, 0.25) is 0 Å². The number of nitrogens with one attached hydrogen (secondary N) is 1. The Morgan fingerprint density at radius 2 is 1.83 bits per heavy atom. The van der Waals surface area contributed by atoms with E-state index in [-0.39, 0.29) is 0 Å². The molecule has 2 aromatic carbocycles. The maximum absolute atomic E-state index is 6.01. The SMILES string of the molecule is CC(c1ccccc1)N1CCc2[nH]nc(-c3ccc(Cl)cc3)c2C1. The third-order valence-corrected chi connectivity index (χ3v) is 5.16. The molecule has 24 heavy (non-hydrogen) atoms. The molecule has 0 radical (unpaired) electrons. The molecule has 1 aliphatic heterocycles. The first-order valence-corrected chi connectivity index (χ1v) is 8.71. The summed E-state index contributed by atoms with van der Waals surface area (Å²) in [5.74, 6) is 0. The van der Waals surface area contributed by atoms with Gasteiger partial charge in [-0.1, -0.05) is 54.1 Å². The van der Waals surface area contributed by atoms with E-state index in [1.807, 2.05) is 24.3 Å². The van der Waals surface area contributed by atoms with E-state index in [9.17, 15) is 0 Å². The first-order chi connectivity index (χ1) is 11.7. The lowest BCUT2D eigenvalue weighted by Crippen LogP contribution is -2.32. The van der Waals surface area contributed by atoms with Crippen molar-refractivity contribution >= 4 is 11.6 Å². The average Bonchev–Trinajstić information content (AvgIpc) is 3.05. The molecule has 0 saturated heterocycles. The van der Waals surface area contributed by atoms with Gasteiger partial charge < -0.3 is 0 Å². The first-order valence-electron chi connectivity index (χ1n) is 8.33. The van der Waals surface area contributed by atoms with Crippen molar-refractivity contribution < 1.29 is 0 Å². The van der Waals surface area contributed by atoms with Crippen molar-refractivity contribution in [3.05, 3.63) is 76.4 Å². The summed E-state index contributed by atoms with van der Waals surface area (Å²) in [6.45, 7) is 4.24. The maximum atomic E-state index is 6.01. The lowest BCUT2D eigenvalue weighted by Gasteiger charge is -2.32. The van der Waals surface area contributed by atoms with Gasteiger partial charge in [-0.25, -0.2) is 0 Å². The molecule has 1 N–H and O–H groups in total. The van der Waals surface area contributed by atoms with Crippen LogP contribution < -0.4 is 0 Å². The molecule has 2 heterocycles. The molecule has 1 unspecified atom stereocenters. The molecule has 1 atom stereocenters. The third-order valence-electron chi connectivity index (χ3n) is 4.91. The zero-order chi connectivity index (χ0) is 16.5. The Kier molecular flexibility index (Phi) is 4.13. The molecule has 0 amide bonds. The number of H-pyrrole nitrogens is 1. The molecule has 0 spiro atoms. The van der Waals surface area contributed by atoms with E-state index in [1.165, 1.54) is 16.8 Å². The van der Waals surface area contributed by atoms with Crippen molar-refractivity contribution in [3.8, 4) is 11.3 Å². The fraction of sp³-hybridized carbons (Fsp3) is 0.250. The van der Waals surface area contributed by atoms with E-state index >= 15 is 0 Å². The zero-order valence-electron chi connectivity index (χ0n) is 13.7. The van der Waals surface area contributed by atoms with Crippen molar-refractivity contribution in [1.82, 2.24) is 15.1 Å². The Bertz CT molecular complexity index is 824. The van der Waals surface area contributed by atoms with Crippen LogP contribution in [-0.2, 0) is 13.0 Å². The third kappa shape index (κ3) is 2.85. The van der Waals surface area contributed by atoms with Crippen LogP contribution in [0.1, 0.15) is 29.8 Å². The number of rotatable bonds is 3. The summed E-state index contributed by atoms with van der Waals surface area (Å²) in [5.41, 5.74) is 6.10. The Hall–Kier alpha value is -2.10. The monoisotopic (exact) mass is 337 g/mol. The number of aromatic nitrogens is 2. The minimum absolute atomic E-state index is 0.396. The smallest absolute Gasteiger partial charge is 0.0968 e. The van der Waals surface area contributed by atoms with Crippen LogP contribution in [0.2, 0.25) is 5.02 Å². The van der Waals surface area contributed by atoms with Gasteiger partial charge in [-0.2, -0.15) is 5.10 Å². The van der Waals surface area contributed by atoms with Gasteiger partial charge in [0, 0.05) is 47.4 Å². The number of hydrogen-bond acceptors (Lipinski definition) is 2. The summed E-state index contributed by atoms with van der Waals surface area (Å²) >= 11 is 6.01. The second-order valence-electron chi connectivity index (χ2n) is 6.34. The topological polar surface area (TPSA) is 31.9 Å². The number of benzene rings is 2. The van der Waals surface area contributed by atoms with Gasteiger partial charge in [0.05, 0.1) is 5.69 Å². The normalized spacial score (nSPS) is 15.9. The van der Waals surface area contributed by atoms with Crippen LogP contribution in [0.25, 0.3) is 11.3 Å². The summed E-state index contributed by atoms with van der Waals surface area (Å²) in [6.07, 6.45) is 1.01. The molecule has 0 bridgehead atoms. The van der Waals surface area contributed by atoms with Crippen molar-refractivity contribution in [2.24, 2.45) is 0 Å². The fourth-order valence-electron chi connectivity index (χ4n) is 3.44. The molecule has 1 aromatic heterocycles. The number of nitrogens with zero attached hydrogens (tertiary/aromatic N) is 2. The molecule has 4 heteroatoms. The van der Waals surface area contributed by atoms with Crippen molar-refractivity contribution in [1.29, 1.82) is 0 Å². The van der Waals surface area contributed by atoms with Crippen LogP contribution in [0.5, 0.6) is 0 Å². The Labute approximate surface area is 147 Å². The Morgan fingerprint density at radius 1 is 1.08 bits per heavy atom. The summed E-state index contributed by atoms with van der Waals surface area (Å²) in [4.78, 5) is 2.52. The fourth-order valence-corrected chi connectivity index (χ4v) is 3.56. The van der Waals surface area contributed by atoms with Crippen LogP contribution >= 0.6 is 11.6 Å². The quantitative estimate of drug-likeness (QED) is 0.741. The van der Waals surface area contributed by atoms with Crippen LogP contribution in [0.3, 0.4) is 0 Å². The highest BCUT2D eigenvalue weighted by atomic mass is 35.5. The highest BCUT2D eigenvalue weighted by molar-refractivity contribution is 6.30. The van der Waals surface area contributed by atoms with E-state index in [4.69, 9.17) is 11.6 Å². The van der Waals surface area contributed by atoms with E-state index in [0.717, 1.165) is 35.8 Å². The largest absolute Gasteiger partial charge is 0.292 e.